The van der Waals surface area contributed by atoms with Gasteiger partial charge in [0, 0.05) is 37.5 Å². The summed E-state index contributed by atoms with van der Waals surface area (Å²) in [4.78, 5) is 16.0. The molecule has 0 aliphatic carbocycles. The van der Waals surface area contributed by atoms with E-state index in [1.807, 2.05) is 42.5 Å². The van der Waals surface area contributed by atoms with E-state index < -0.39 is 0 Å². The molecular formula is C19H24N4O2. The monoisotopic (exact) mass is 340 g/mol. The fraction of sp³-hybridized carbons (Fsp3) is 0.263. The summed E-state index contributed by atoms with van der Waals surface area (Å²) in [6, 6.07) is 15.3. The lowest BCUT2D eigenvalue weighted by atomic mass is 10.1. The summed E-state index contributed by atoms with van der Waals surface area (Å²) in [7, 11) is 3.27. The average Bonchev–Trinajstić information content (AvgIpc) is 2.63. The largest absolute Gasteiger partial charge is 0.380 e. The van der Waals surface area contributed by atoms with Gasteiger partial charge in [-0.3, -0.25) is 9.79 Å². The molecule has 2 rings (SSSR count). The highest BCUT2D eigenvalue weighted by atomic mass is 16.5. The van der Waals surface area contributed by atoms with E-state index in [1.54, 1.807) is 20.2 Å². The Labute approximate surface area is 148 Å². The predicted octanol–water partition coefficient (Wildman–Crippen LogP) is 2.16. The standard InChI is InChI=1S/C19H24N4O2/c1-21-18(24)15-8-5-6-14(12-15)10-11-22-19(20)23-17-9-4-3-7-16(17)13-25-2/h3-9,12H,10-11,13H2,1-2H3,(H,21,24)(H3,20,22,23). The molecule has 0 bridgehead atoms. The summed E-state index contributed by atoms with van der Waals surface area (Å²) < 4.78 is 5.18. The second-order valence-corrected chi connectivity index (χ2v) is 5.51. The van der Waals surface area contributed by atoms with E-state index in [2.05, 4.69) is 15.6 Å². The first kappa shape index (κ1) is 18.5. The Morgan fingerprint density at radius 1 is 1.20 bits per heavy atom. The minimum atomic E-state index is -0.0960. The lowest BCUT2D eigenvalue weighted by Gasteiger charge is -2.11. The molecule has 0 aliphatic heterocycles. The molecule has 0 aliphatic rings. The van der Waals surface area contributed by atoms with Gasteiger partial charge in [0.2, 0.25) is 0 Å². The van der Waals surface area contributed by atoms with E-state index in [0.29, 0.717) is 31.1 Å². The third-order valence-electron chi connectivity index (χ3n) is 3.68. The lowest BCUT2D eigenvalue weighted by Crippen LogP contribution is -2.24. The zero-order valence-corrected chi connectivity index (χ0v) is 14.6. The van der Waals surface area contributed by atoms with Gasteiger partial charge in [-0.05, 0) is 30.2 Å². The molecule has 6 nitrogen and oxygen atoms in total. The van der Waals surface area contributed by atoms with Crippen LogP contribution in [-0.4, -0.2) is 32.6 Å². The van der Waals surface area contributed by atoms with Gasteiger partial charge in [-0.25, -0.2) is 0 Å². The number of amides is 1. The molecule has 25 heavy (non-hydrogen) atoms. The number of carbonyl (C=O) groups is 1. The number of carbonyl (C=O) groups excluding carboxylic acids is 1. The number of nitrogens with two attached hydrogens (primary N) is 1. The van der Waals surface area contributed by atoms with Gasteiger partial charge in [-0.15, -0.1) is 0 Å². The first-order chi connectivity index (χ1) is 12.1. The molecule has 0 fully saturated rings. The van der Waals surface area contributed by atoms with Crippen LogP contribution in [0.5, 0.6) is 0 Å². The average molecular weight is 340 g/mol. The van der Waals surface area contributed by atoms with Gasteiger partial charge >= 0.3 is 0 Å². The maximum absolute atomic E-state index is 11.7. The van der Waals surface area contributed by atoms with E-state index >= 15 is 0 Å². The number of ether oxygens (including phenoxy) is 1. The fourth-order valence-electron chi connectivity index (χ4n) is 2.42. The Hall–Kier alpha value is -2.86. The number of hydrogen-bond acceptors (Lipinski definition) is 3. The smallest absolute Gasteiger partial charge is 0.251 e. The summed E-state index contributed by atoms with van der Waals surface area (Å²) in [5.41, 5.74) is 9.55. The molecule has 2 aromatic rings. The number of para-hydroxylation sites is 1. The highest BCUT2D eigenvalue weighted by Gasteiger charge is 2.04. The van der Waals surface area contributed by atoms with Crippen LogP contribution in [0.1, 0.15) is 21.5 Å². The molecule has 0 heterocycles. The number of rotatable bonds is 7. The fourth-order valence-corrected chi connectivity index (χ4v) is 2.42. The third-order valence-corrected chi connectivity index (χ3v) is 3.68. The summed E-state index contributed by atoms with van der Waals surface area (Å²) in [5, 5.41) is 5.72. The molecule has 0 saturated heterocycles. The van der Waals surface area contributed by atoms with Gasteiger partial charge in [0.1, 0.15) is 0 Å². The predicted molar refractivity (Wildman–Crippen MR) is 101 cm³/mol. The zero-order valence-electron chi connectivity index (χ0n) is 14.6. The van der Waals surface area contributed by atoms with Crippen molar-refractivity contribution < 1.29 is 9.53 Å². The van der Waals surface area contributed by atoms with Gasteiger partial charge in [0.15, 0.2) is 5.96 Å². The summed E-state index contributed by atoms with van der Waals surface area (Å²) in [6.07, 6.45) is 0.701. The normalized spacial score (nSPS) is 11.2. The molecule has 2 aromatic carbocycles. The van der Waals surface area contributed by atoms with Crippen LogP contribution in [0.15, 0.2) is 53.5 Å². The molecule has 0 aromatic heterocycles. The number of guanidine groups is 1. The van der Waals surface area contributed by atoms with Gasteiger partial charge in [-0.2, -0.15) is 0 Å². The van der Waals surface area contributed by atoms with Crippen LogP contribution in [0.25, 0.3) is 0 Å². The van der Waals surface area contributed by atoms with Crippen LogP contribution in [0.3, 0.4) is 0 Å². The Kier molecular flexibility index (Phi) is 6.98. The Bertz CT molecular complexity index is 744. The number of methoxy groups -OCH3 is 1. The van der Waals surface area contributed by atoms with Gasteiger partial charge in [0.05, 0.1) is 6.61 Å². The molecular weight excluding hydrogens is 316 g/mol. The van der Waals surface area contributed by atoms with Crippen LogP contribution in [0, 0.1) is 0 Å². The quantitative estimate of drug-likeness (QED) is 0.532. The van der Waals surface area contributed by atoms with E-state index in [0.717, 1.165) is 16.8 Å². The van der Waals surface area contributed by atoms with E-state index in [1.165, 1.54) is 0 Å². The number of aliphatic imine (C=N–C) groups is 1. The first-order valence-corrected chi connectivity index (χ1v) is 8.09. The minimum Gasteiger partial charge on any atom is -0.380 e. The number of hydrogen-bond donors (Lipinski definition) is 3. The lowest BCUT2D eigenvalue weighted by molar-refractivity contribution is 0.0963. The van der Waals surface area contributed by atoms with Crippen LogP contribution in [0.2, 0.25) is 0 Å². The van der Waals surface area contributed by atoms with Crippen molar-refractivity contribution in [2.75, 3.05) is 26.0 Å². The second kappa shape index (κ2) is 9.44. The van der Waals surface area contributed by atoms with E-state index in [4.69, 9.17) is 10.5 Å². The van der Waals surface area contributed by atoms with Gasteiger partial charge < -0.3 is 21.1 Å². The molecule has 0 spiro atoms. The zero-order chi connectivity index (χ0) is 18.1. The van der Waals surface area contributed by atoms with Gasteiger partial charge in [0.25, 0.3) is 5.91 Å². The van der Waals surface area contributed by atoms with Gasteiger partial charge in [-0.1, -0.05) is 30.3 Å². The van der Waals surface area contributed by atoms with Crippen molar-refractivity contribution in [3.8, 4) is 0 Å². The van der Waals surface area contributed by atoms with E-state index in [-0.39, 0.29) is 5.91 Å². The van der Waals surface area contributed by atoms with Crippen LogP contribution in [-0.2, 0) is 17.8 Å². The summed E-state index contributed by atoms with van der Waals surface area (Å²) in [5.74, 6) is 0.257. The maximum atomic E-state index is 11.7. The number of nitrogens with zero attached hydrogens (tertiary/aromatic N) is 1. The van der Waals surface area contributed by atoms with Crippen molar-refractivity contribution in [3.05, 3.63) is 65.2 Å². The molecule has 1 amide bonds. The number of anilines is 1. The minimum absolute atomic E-state index is 0.0960. The Morgan fingerprint density at radius 2 is 2.00 bits per heavy atom. The molecule has 4 N–H and O–H groups in total. The number of nitrogens with one attached hydrogen (secondary N) is 2. The van der Waals surface area contributed by atoms with Crippen molar-refractivity contribution in [1.29, 1.82) is 0 Å². The molecule has 6 heteroatoms. The van der Waals surface area contributed by atoms with Crippen molar-refractivity contribution >= 4 is 17.6 Å². The Balaban J connectivity index is 1.95. The number of benzene rings is 2. The molecule has 0 radical (unpaired) electrons. The van der Waals surface area contributed by atoms with Crippen molar-refractivity contribution in [2.45, 2.75) is 13.0 Å². The highest BCUT2D eigenvalue weighted by Crippen LogP contribution is 2.15. The molecule has 132 valence electrons. The summed E-state index contributed by atoms with van der Waals surface area (Å²) in [6.45, 7) is 1.03. The topological polar surface area (TPSA) is 88.7 Å². The Morgan fingerprint density at radius 3 is 2.76 bits per heavy atom. The first-order valence-electron chi connectivity index (χ1n) is 8.09. The molecule has 0 unspecified atom stereocenters. The highest BCUT2D eigenvalue weighted by molar-refractivity contribution is 5.94. The van der Waals surface area contributed by atoms with Crippen molar-refractivity contribution in [1.82, 2.24) is 5.32 Å². The third kappa shape index (κ3) is 5.61. The molecule has 0 saturated carbocycles. The van der Waals surface area contributed by atoms with Crippen LogP contribution >= 0.6 is 0 Å². The van der Waals surface area contributed by atoms with Crippen molar-refractivity contribution in [3.63, 3.8) is 0 Å². The van der Waals surface area contributed by atoms with Crippen molar-refractivity contribution in [2.24, 2.45) is 10.7 Å². The second-order valence-electron chi connectivity index (χ2n) is 5.51. The maximum Gasteiger partial charge on any atom is 0.251 e. The van der Waals surface area contributed by atoms with Crippen LogP contribution < -0.4 is 16.4 Å². The molecule has 0 atom stereocenters. The summed E-state index contributed by atoms with van der Waals surface area (Å²) >= 11 is 0. The van der Waals surface area contributed by atoms with Crippen LogP contribution in [0.4, 0.5) is 5.69 Å². The van der Waals surface area contributed by atoms with E-state index in [9.17, 15) is 4.79 Å². The SMILES string of the molecule is CNC(=O)c1cccc(CCN=C(N)Nc2ccccc2COC)c1.